The first-order chi connectivity index (χ1) is 14.9. The Morgan fingerprint density at radius 1 is 1.00 bits per heavy atom. The standard InChI is InChI=1S/C26H30N2O3/c1-5-18(2)24(27-25(29)20-9-7-6-8-10-20)26(30)28(3)17-19-11-12-22-16-23(31-4)14-13-21(22)15-19/h6-16,18,24H,5,17H2,1-4H3,(H,27,29)/t18-,24+/m0/s1. The Hall–Kier alpha value is -3.34. The molecule has 2 atom stereocenters. The molecule has 3 rings (SSSR count). The highest BCUT2D eigenvalue weighted by atomic mass is 16.5. The van der Waals surface area contributed by atoms with Crippen molar-refractivity contribution in [2.75, 3.05) is 14.2 Å². The van der Waals surface area contributed by atoms with Gasteiger partial charge in [-0.2, -0.15) is 0 Å². The average Bonchev–Trinajstić information content (AvgIpc) is 2.81. The number of carbonyl (C=O) groups excluding carboxylic acids is 2. The van der Waals surface area contributed by atoms with E-state index >= 15 is 0 Å². The van der Waals surface area contributed by atoms with Gasteiger partial charge in [-0.25, -0.2) is 0 Å². The van der Waals surface area contributed by atoms with Crippen molar-refractivity contribution in [3.8, 4) is 5.75 Å². The van der Waals surface area contributed by atoms with Gasteiger partial charge in [0.25, 0.3) is 5.91 Å². The molecule has 3 aromatic rings. The minimum absolute atomic E-state index is 0.0201. The highest BCUT2D eigenvalue weighted by molar-refractivity contribution is 5.97. The fraction of sp³-hybridized carbons (Fsp3) is 0.308. The molecule has 0 saturated carbocycles. The summed E-state index contributed by atoms with van der Waals surface area (Å²) in [5, 5.41) is 5.13. The van der Waals surface area contributed by atoms with E-state index in [-0.39, 0.29) is 17.7 Å². The lowest BCUT2D eigenvalue weighted by Gasteiger charge is -2.28. The Labute approximate surface area is 184 Å². The number of carbonyl (C=O) groups is 2. The number of nitrogens with zero attached hydrogens (tertiary/aromatic N) is 1. The van der Waals surface area contributed by atoms with Gasteiger partial charge in [-0.1, -0.05) is 56.7 Å². The molecule has 0 aliphatic heterocycles. The predicted molar refractivity (Wildman–Crippen MR) is 124 cm³/mol. The van der Waals surface area contributed by atoms with Crippen molar-refractivity contribution in [3.05, 3.63) is 77.9 Å². The van der Waals surface area contributed by atoms with Crippen LogP contribution in [0.5, 0.6) is 5.75 Å². The number of fused-ring (bicyclic) bond motifs is 1. The zero-order valence-corrected chi connectivity index (χ0v) is 18.6. The van der Waals surface area contributed by atoms with Crippen LogP contribution in [0.2, 0.25) is 0 Å². The summed E-state index contributed by atoms with van der Waals surface area (Å²) >= 11 is 0. The zero-order valence-electron chi connectivity index (χ0n) is 18.6. The van der Waals surface area contributed by atoms with Crippen LogP contribution in [0, 0.1) is 5.92 Å². The smallest absolute Gasteiger partial charge is 0.251 e. The summed E-state index contributed by atoms with van der Waals surface area (Å²) in [5.41, 5.74) is 1.59. The summed E-state index contributed by atoms with van der Waals surface area (Å²) in [7, 11) is 3.44. The fourth-order valence-electron chi connectivity index (χ4n) is 3.59. The van der Waals surface area contributed by atoms with Crippen molar-refractivity contribution < 1.29 is 14.3 Å². The maximum atomic E-state index is 13.3. The SMILES string of the molecule is CC[C@H](C)[C@@H](NC(=O)c1ccccc1)C(=O)N(C)Cc1ccc2cc(OC)ccc2c1. The van der Waals surface area contributed by atoms with Crippen molar-refractivity contribution in [2.45, 2.75) is 32.9 Å². The number of ether oxygens (including phenoxy) is 1. The van der Waals surface area contributed by atoms with Gasteiger partial charge < -0.3 is 15.0 Å². The number of benzene rings is 3. The van der Waals surface area contributed by atoms with Gasteiger partial charge in [0, 0.05) is 19.2 Å². The molecule has 0 heterocycles. The van der Waals surface area contributed by atoms with E-state index in [0.717, 1.165) is 28.5 Å². The molecule has 162 valence electrons. The molecule has 0 aromatic heterocycles. The number of hydrogen-bond donors (Lipinski definition) is 1. The number of methoxy groups -OCH3 is 1. The molecule has 0 fully saturated rings. The van der Waals surface area contributed by atoms with Gasteiger partial charge >= 0.3 is 0 Å². The van der Waals surface area contributed by atoms with E-state index in [1.54, 1.807) is 31.2 Å². The summed E-state index contributed by atoms with van der Waals surface area (Å²) in [5.74, 6) is 0.519. The molecule has 5 nitrogen and oxygen atoms in total. The summed E-state index contributed by atoms with van der Waals surface area (Å²) < 4.78 is 5.28. The topological polar surface area (TPSA) is 58.6 Å². The van der Waals surface area contributed by atoms with E-state index in [2.05, 4.69) is 11.4 Å². The molecule has 1 N–H and O–H groups in total. The van der Waals surface area contributed by atoms with Crippen molar-refractivity contribution in [3.63, 3.8) is 0 Å². The highest BCUT2D eigenvalue weighted by Gasteiger charge is 2.28. The fourth-order valence-corrected chi connectivity index (χ4v) is 3.59. The van der Waals surface area contributed by atoms with E-state index in [0.29, 0.717) is 12.1 Å². The van der Waals surface area contributed by atoms with Gasteiger partial charge in [-0.15, -0.1) is 0 Å². The van der Waals surface area contributed by atoms with Crippen molar-refractivity contribution in [1.29, 1.82) is 0 Å². The van der Waals surface area contributed by atoms with Gasteiger partial charge in [0.15, 0.2) is 0 Å². The van der Waals surface area contributed by atoms with Crippen LogP contribution in [0.25, 0.3) is 10.8 Å². The zero-order chi connectivity index (χ0) is 22.4. The van der Waals surface area contributed by atoms with E-state index in [9.17, 15) is 9.59 Å². The van der Waals surface area contributed by atoms with Gasteiger partial charge in [0.2, 0.25) is 5.91 Å². The summed E-state index contributed by atoms with van der Waals surface area (Å²) in [4.78, 5) is 27.6. The molecule has 0 unspecified atom stereocenters. The van der Waals surface area contributed by atoms with Crippen LogP contribution >= 0.6 is 0 Å². The first-order valence-electron chi connectivity index (χ1n) is 10.6. The molecular weight excluding hydrogens is 388 g/mol. The second kappa shape index (κ2) is 10.1. The molecule has 5 heteroatoms. The molecule has 0 saturated heterocycles. The average molecular weight is 419 g/mol. The number of amides is 2. The first kappa shape index (κ1) is 22.3. The maximum absolute atomic E-state index is 13.3. The quantitative estimate of drug-likeness (QED) is 0.579. The molecule has 0 radical (unpaired) electrons. The predicted octanol–water partition coefficient (Wildman–Crippen LogP) is 4.65. The summed E-state index contributed by atoms with van der Waals surface area (Å²) in [6.07, 6.45) is 0.789. The van der Waals surface area contributed by atoms with Crippen LogP contribution in [0.3, 0.4) is 0 Å². The Morgan fingerprint density at radius 3 is 2.35 bits per heavy atom. The van der Waals surface area contributed by atoms with Crippen molar-refractivity contribution >= 4 is 22.6 Å². The highest BCUT2D eigenvalue weighted by Crippen LogP contribution is 2.22. The molecule has 31 heavy (non-hydrogen) atoms. The third kappa shape index (κ3) is 5.43. The Kier molecular flexibility index (Phi) is 7.29. The molecular formula is C26H30N2O3. The lowest BCUT2D eigenvalue weighted by Crippen LogP contribution is -2.50. The molecule has 0 bridgehead atoms. The van der Waals surface area contributed by atoms with E-state index in [4.69, 9.17) is 4.74 Å². The normalized spacial score (nSPS) is 12.8. The lowest BCUT2D eigenvalue weighted by molar-refractivity contribution is -0.133. The number of nitrogens with one attached hydrogen (secondary N) is 1. The summed E-state index contributed by atoms with van der Waals surface area (Å²) in [6.45, 7) is 4.48. The van der Waals surface area contributed by atoms with Crippen LogP contribution < -0.4 is 10.1 Å². The number of rotatable bonds is 8. The lowest BCUT2D eigenvalue weighted by atomic mass is 9.97. The van der Waals surface area contributed by atoms with E-state index < -0.39 is 6.04 Å². The summed E-state index contributed by atoms with van der Waals surface area (Å²) in [6, 6.07) is 20.5. The maximum Gasteiger partial charge on any atom is 0.251 e. The number of hydrogen-bond acceptors (Lipinski definition) is 3. The van der Waals surface area contributed by atoms with Crippen LogP contribution in [0.4, 0.5) is 0 Å². The van der Waals surface area contributed by atoms with Gasteiger partial charge in [0.1, 0.15) is 11.8 Å². The molecule has 0 spiro atoms. The first-order valence-corrected chi connectivity index (χ1v) is 10.6. The van der Waals surface area contributed by atoms with Gasteiger partial charge in [0.05, 0.1) is 7.11 Å². The van der Waals surface area contributed by atoms with Gasteiger partial charge in [-0.3, -0.25) is 9.59 Å². The Morgan fingerprint density at radius 2 is 1.68 bits per heavy atom. The van der Waals surface area contributed by atoms with E-state index in [1.165, 1.54) is 0 Å². The van der Waals surface area contributed by atoms with Crippen molar-refractivity contribution in [1.82, 2.24) is 10.2 Å². The van der Waals surface area contributed by atoms with Gasteiger partial charge in [-0.05, 0) is 52.6 Å². The number of likely N-dealkylation sites (N-methyl/N-ethyl adjacent to an activating group) is 1. The minimum atomic E-state index is -0.576. The second-order valence-corrected chi connectivity index (χ2v) is 7.94. The third-order valence-corrected chi connectivity index (χ3v) is 5.71. The van der Waals surface area contributed by atoms with Crippen LogP contribution in [0.15, 0.2) is 66.7 Å². The third-order valence-electron chi connectivity index (χ3n) is 5.71. The monoisotopic (exact) mass is 418 g/mol. The molecule has 0 aliphatic carbocycles. The van der Waals surface area contributed by atoms with Crippen LogP contribution in [0.1, 0.15) is 36.2 Å². The second-order valence-electron chi connectivity index (χ2n) is 7.94. The Bertz CT molecular complexity index is 1050. The van der Waals surface area contributed by atoms with Crippen LogP contribution in [-0.4, -0.2) is 36.9 Å². The van der Waals surface area contributed by atoms with Crippen LogP contribution in [-0.2, 0) is 11.3 Å². The largest absolute Gasteiger partial charge is 0.497 e. The van der Waals surface area contributed by atoms with Crippen molar-refractivity contribution in [2.24, 2.45) is 5.92 Å². The van der Waals surface area contributed by atoms with E-state index in [1.807, 2.05) is 62.4 Å². The Balaban J connectivity index is 1.74. The molecule has 3 aromatic carbocycles. The molecule has 0 aliphatic rings. The molecule has 2 amide bonds. The minimum Gasteiger partial charge on any atom is -0.497 e.